The number of hydrogen-bond acceptors (Lipinski definition) is 3. The number of hydrogen-bond donors (Lipinski definition) is 0. The first kappa shape index (κ1) is 14.9. The zero-order chi connectivity index (χ0) is 15.1. The highest BCUT2D eigenvalue weighted by molar-refractivity contribution is 5.85. The highest BCUT2D eigenvalue weighted by Crippen LogP contribution is 2.46. The minimum absolute atomic E-state index is 0.0918. The van der Waals surface area contributed by atoms with Crippen molar-refractivity contribution in [3.63, 3.8) is 0 Å². The van der Waals surface area contributed by atoms with Gasteiger partial charge in [0.1, 0.15) is 5.54 Å². The Labute approximate surface area is 121 Å². The van der Waals surface area contributed by atoms with Crippen molar-refractivity contribution in [2.24, 2.45) is 0 Å². The van der Waals surface area contributed by atoms with Gasteiger partial charge >= 0.3 is 5.97 Å². The molecule has 0 aromatic heterocycles. The molecule has 0 spiro atoms. The van der Waals surface area contributed by atoms with Gasteiger partial charge in [0.2, 0.25) is 0 Å². The number of carbonyl (C=O) groups is 1. The third-order valence-electron chi connectivity index (χ3n) is 4.36. The van der Waals surface area contributed by atoms with Crippen molar-refractivity contribution in [3.05, 3.63) is 29.8 Å². The second-order valence-corrected chi connectivity index (χ2v) is 6.86. The second kappa shape index (κ2) is 4.80. The van der Waals surface area contributed by atoms with Crippen molar-refractivity contribution in [2.45, 2.75) is 58.0 Å². The molecule has 110 valence electrons. The molecule has 0 fully saturated rings. The number of rotatable bonds is 2. The number of fused-ring (bicyclic) bond motifs is 1. The van der Waals surface area contributed by atoms with Gasteiger partial charge in [-0.1, -0.05) is 25.1 Å². The van der Waals surface area contributed by atoms with Crippen molar-refractivity contribution in [2.75, 3.05) is 12.0 Å². The summed E-state index contributed by atoms with van der Waals surface area (Å²) in [6, 6.07) is 8.37. The molecule has 1 atom stereocenters. The molecule has 0 unspecified atom stereocenters. The van der Waals surface area contributed by atoms with E-state index < -0.39 is 5.54 Å². The molecular weight excluding hydrogens is 250 g/mol. The maximum Gasteiger partial charge on any atom is 0.331 e. The number of anilines is 1. The van der Waals surface area contributed by atoms with Crippen LogP contribution in [-0.2, 0) is 9.53 Å². The van der Waals surface area contributed by atoms with Gasteiger partial charge in [0.25, 0.3) is 0 Å². The first-order valence-electron chi connectivity index (χ1n) is 7.19. The van der Waals surface area contributed by atoms with E-state index in [2.05, 4.69) is 43.9 Å². The van der Waals surface area contributed by atoms with Crippen LogP contribution in [0.5, 0.6) is 0 Å². The van der Waals surface area contributed by atoms with Crippen LogP contribution in [0, 0.1) is 0 Å². The first-order chi connectivity index (χ1) is 9.21. The summed E-state index contributed by atoms with van der Waals surface area (Å²) < 4.78 is 5.02. The Hall–Kier alpha value is -1.51. The maximum atomic E-state index is 12.2. The Bertz CT molecular complexity index is 519. The van der Waals surface area contributed by atoms with Crippen molar-refractivity contribution in [1.82, 2.24) is 0 Å². The fraction of sp³-hybridized carbons (Fsp3) is 0.588. The lowest BCUT2D eigenvalue weighted by molar-refractivity contribution is -0.146. The normalized spacial score (nSPS) is 21.3. The van der Waals surface area contributed by atoms with Crippen LogP contribution < -0.4 is 4.90 Å². The lowest BCUT2D eigenvalue weighted by Crippen LogP contribution is -2.62. The lowest BCUT2D eigenvalue weighted by Gasteiger charge is -2.53. The molecule has 0 saturated carbocycles. The molecule has 1 aliphatic heterocycles. The highest BCUT2D eigenvalue weighted by atomic mass is 16.5. The van der Waals surface area contributed by atoms with E-state index >= 15 is 0 Å². The van der Waals surface area contributed by atoms with E-state index in [1.165, 1.54) is 12.7 Å². The topological polar surface area (TPSA) is 29.5 Å². The minimum atomic E-state index is -0.686. The number of para-hydroxylation sites is 1. The molecular formula is C17H25NO2. The molecule has 20 heavy (non-hydrogen) atoms. The third-order valence-corrected chi connectivity index (χ3v) is 4.36. The summed E-state index contributed by atoms with van der Waals surface area (Å²) in [6.45, 7) is 10.5. The number of methoxy groups -OCH3 is 1. The summed E-state index contributed by atoms with van der Waals surface area (Å²) in [6.07, 6.45) is 1.02. The van der Waals surface area contributed by atoms with E-state index in [4.69, 9.17) is 4.74 Å². The zero-order valence-corrected chi connectivity index (χ0v) is 13.4. The summed E-state index contributed by atoms with van der Waals surface area (Å²) in [7, 11) is 1.45. The van der Waals surface area contributed by atoms with Crippen LogP contribution in [0.3, 0.4) is 0 Å². The average Bonchev–Trinajstić information content (AvgIpc) is 2.36. The largest absolute Gasteiger partial charge is 0.467 e. The van der Waals surface area contributed by atoms with Gasteiger partial charge in [-0.15, -0.1) is 0 Å². The predicted molar refractivity (Wildman–Crippen MR) is 82.1 cm³/mol. The maximum absolute atomic E-state index is 12.2. The van der Waals surface area contributed by atoms with E-state index in [0.29, 0.717) is 5.92 Å². The molecule has 0 radical (unpaired) electrons. The Morgan fingerprint density at radius 2 is 1.95 bits per heavy atom. The molecule has 2 rings (SSSR count). The van der Waals surface area contributed by atoms with Gasteiger partial charge in [0, 0.05) is 11.2 Å². The fourth-order valence-corrected chi connectivity index (χ4v) is 3.78. The summed E-state index contributed by atoms with van der Waals surface area (Å²) in [5.41, 5.74) is 1.68. The van der Waals surface area contributed by atoms with Crippen LogP contribution in [0.15, 0.2) is 24.3 Å². The van der Waals surface area contributed by atoms with Gasteiger partial charge in [0.15, 0.2) is 0 Å². The predicted octanol–water partition coefficient (Wildman–Crippen LogP) is 3.73. The highest BCUT2D eigenvalue weighted by Gasteiger charge is 2.47. The van der Waals surface area contributed by atoms with Crippen LogP contribution in [0.4, 0.5) is 5.69 Å². The minimum Gasteiger partial charge on any atom is -0.467 e. The van der Waals surface area contributed by atoms with Crippen molar-refractivity contribution in [3.8, 4) is 0 Å². The van der Waals surface area contributed by atoms with E-state index in [9.17, 15) is 4.79 Å². The zero-order valence-electron chi connectivity index (χ0n) is 13.4. The Kier molecular flexibility index (Phi) is 3.57. The SMILES string of the molecule is COC(=O)C(C)(C)N1c2ccccc2[C@H](C)CC1(C)C. The summed E-state index contributed by atoms with van der Waals surface area (Å²) in [5.74, 6) is 0.292. The molecule has 0 N–H and O–H groups in total. The number of nitrogens with zero attached hydrogens (tertiary/aromatic N) is 1. The summed E-state index contributed by atoms with van der Waals surface area (Å²) in [4.78, 5) is 14.5. The molecule has 0 bridgehead atoms. The molecule has 0 amide bonds. The number of esters is 1. The molecule has 3 heteroatoms. The second-order valence-electron chi connectivity index (χ2n) is 6.86. The van der Waals surface area contributed by atoms with Crippen LogP contribution in [0.25, 0.3) is 0 Å². The molecule has 0 aliphatic carbocycles. The van der Waals surface area contributed by atoms with E-state index in [1.54, 1.807) is 0 Å². The molecule has 0 saturated heterocycles. The summed E-state index contributed by atoms with van der Waals surface area (Å²) in [5, 5.41) is 0. The van der Waals surface area contributed by atoms with Crippen LogP contribution in [0.1, 0.15) is 52.5 Å². The number of benzene rings is 1. The van der Waals surface area contributed by atoms with Gasteiger partial charge in [-0.05, 0) is 51.7 Å². The Morgan fingerprint density at radius 1 is 1.35 bits per heavy atom. The van der Waals surface area contributed by atoms with Crippen LogP contribution in [0.2, 0.25) is 0 Å². The van der Waals surface area contributed by atoms with Gasteiger partial charge in [-0.3, -0.25) is 0 Å². The summed E-state index contributed by atoms with van der Waals surface area (Å²) >= 11 is 0. The third kappa shape index (κ3) is 2.19. The molecule has 1 aromatic rings. The van der Waals surface area contributed by atoms with Gasteiger partial charge in [-0.2, -0.15) is 0 Å². The number of carbonyl (C=O) groups excluding carboxylic acids is 1. The van der Waals surface area contributed by atoms with Crippen molar-refractivity contribution in [1.29, 1.82) is 0 Å². The Morgan fingerprint density at radius 3 is 2.55 bits per heavy atom. The first-order valence-corrected chi connectivity index (χ1v) is 7.19. The van der Waals surface area contributed by atoms with Gasteiger partial charge in [-0.25, -0.2) is 4.79 Å². The van der Waals surface area contributed by atoms with Crippen molar-refractivity contribution < 1.29 is 9.53 Å². The van der Waals surface area contributed by atoms with Crippen LogP contribution >= 0.6 is 0 Å². The lowest BCUT2D eigenvalue weighted by atomic mass is 9.77. The molecule has 3 nitrogen and oxygen atoms in total. The fourth-order valence-electron chi connectivity index (χ4n) is 3.78. The average molecular weight is 275 g/mol. The van der Waals surface area contributed by atoms with E-state index in [-0.39, 0.29) is 11.5 Å². The monoisotopic (exact) mass is 275 g/mol. The van der Waals surface area contributed by atoms with Crippen molar-refractivity contribution >= 4 is 11.7 Å². The van der Waals surface area contributed by atoms with E-state index in [0.717, 1.165) is 12.1 Å². The Balaban J connectivity index is 2.60. The number of ether oxygens (including phenoxy) is 1. The van der Waals surface area contributed by atoms with Gasteiger partial charge < -0.3 is 9.64 Å². The molecule has 1 heterocycles. The molecule has 1 aromatic carbocycles. The van der Waals surface area contributed by atoms with E-state index in [1.807, 2.05) is 19.9 Å². The molecule has 1 aliphatic rings. The standard InChI is InChI=1S/C17H25NO2/c1-12-11-16(2,3)18(17(4,5)15(19)20-6)14-10-8-7-9-13(12)14/h7-10,12H,11H2,1-6H3/t12-/m1/s1. The van der Waals surface area contributed by atoms with Gasteiger partial charge in [0.05, 0.1) is 7.11 Å². The van der Waals surface area contributed by atoms with Crippen LogP contribution in [-0.4, -0.2) is 24.2 Å². The smallest absolute Gasteiger partial charge is 0.331 e. The quantitative estimate of drug-likeness (QED) is 0.770.